The number of carbonyl (C=O) groups excluding carboxylic acids is 1. The van der Waals surface area contributed by atoms with Crippen molar-refractivity contribution < 1.29 is 19.0 Å². The molecule has 0 aromatic carbocycles. The van der Waals surface area contributed by atoms with Crippen molar-refractivity contribution >= 4 is 5.91 Å². The van der Waals surface area contributed by atoms with Crippen LogP contribution in [0.2, 0.25) is 0 Å². The van der Waals surface area contributed by atoms with Crippen LogP contribution in [-0.2, 0) is 9.47 Å². The maximum atomic E-state index is 12.8. The van der Waals surface area contributed by atoms with Gasteiger partial charge in [-0.2, -0.15) is 0 Å². The number of methoxy groups -OCH3 is 1. The molecular weight excluding hydrogens is 356 g/mol. The summed E-state index contributed by atoms with van der Waals surface area (Å²) in [5, 5.41) is 0. The number of amides is 1. The highest BCUT2D eigenvalue weighted by Crippen LogP contribution is 2.39. The number of rotatable bonds is 7. The van der Waals surface area contributed by atoms with E-state index < -0.39 is 0 Å². The molecule has 2 aliphatic heterocycles. The molecule has 154 valence electrons. The van der Waals surface area contributed by atoms with Gasteiger partial charge in [0, 0.05) is 45.2 Å². The van der Waals surface area contributed by atoms with Crippen LogP contribution in [0.1, 0.15) is 55.3 Å². The zero-order chi connectivity index (χ0) is 19.4. The van der Waals surface area contributed by atoms with Gasteiger partial charge in [0.25, 0.3) is 5.91 Å². The third-order valence-corrected chi connectivity index (χ3v) is 6.47. The summed E-state index contributed by atoms with van der Waals surface area (Å²) in [6.45, 7) is 4.16. The molecule has 2 saturated heterocycles. The number of hydrogen-bond acceptors (Lipinski definition) is 5. The van der Waals surface area contributed by atoms with Crippen molar-refractivity contribution in [1.82, 2.24) is 9.88 Å². The molecule has 1 unspecified atom stereocenters. The Morgan fingerprint density at radius 1 is 1.25 bits per heavy atom. The first-order chi connectivity index (χ1) is 13.7. The summed E-state index contributed by atoms with van der Waals surface area (Å²) in [5.74, 6) is 2.09. The topological polar surface area (TPSA) is 60.9 Å². The molecule has 1 aromatic rings. The van der Waals surface area contributed by atoms with E-state index >= 15 is 0 Å². The molecule has 1 atom stereocenters. The van der Waals surface area contributed by atoms with Crippen LogP contribution in [0.5, 0.6) is 5.88 Å². The van der Waals surface area contributed by atoms with Crippen LogP contribution >= 0.6 is 0 Å². The van der Waals surface area contributed by atoms with Gasteiger partial charge < -0.3 is 19.1 Å². The van der Waals surface area contributed by atoms with E-state index in [0.29, 0.717) is 17.4 Å². The largest absolute Gasteiger partial charge is 0.481 e. The molecule has 1 aromatic heterocycles. The molecule has 3 aliphatic rings. The molecule has 4 rings (SSSR count). The fraction of sp³-hybridized carbons (Fsp3) is 0.727. The van der Waals surface area contributed by atoms with Crippen LogP contribution in [-0.4, -0.2) is 61.4 Å². The number of pyridine rings is 1. The number of hydrogen-bond donors (Lipinski definition) is 0. The normalized spacial score (nSPS) is 24.3. The molecule has 6 nitrogen and oxygen atoms in total. The highest BCUT2D eigenvalue weighted by molar-refractivity contribution is 5.94. The Labute approximate surface area is 167 Å². The predicted octanol–water partition coefficient (Wildman–Crippen LogP) is 3.31. The van der Waals surface area contributed by atoms with Gasteiger partial charge in [0.05, 0.1) is 18.3 Å². The third kappa shape index (κ3) is 4.84. The summed E-state index contributed by atoms with van der Waals surface area (Å²) in [6, 6.07) is 3.52. The lowest BCUT2D eigenvalue weighted by molar-refractivity contribution is -0.126. The fourth-order valence-electron chi connectivity index (χ4n) is 4.44. The van der Waals surface area contributed by atoms with Crippen LogP contribution in [0, 0.1) is 11.8 Å². The van der Waals surface area contributed by atoms with Crippen molar-refractivity contribution in [2.75, 3.05) is 40.0 Å². The molecule has 3 fully saturated rings. The van der Waals surface area contributed by atoms with Crippen LogP contribution in [0.25, 0.3) is 0 Å². The number of nitrogens with zero attached hydrogens (tertiary/aromatic N) is 2. The minimum atomic E-state index is -0.0473. The van der Waals surface area contributed by atoms with Crippen LogP contribution in [0.3, 0.4) is 0 Å². The van der Waals surface area contributed by atoms with Gasteiger partial charge in [-0.15, -0.1) is 0 Å². The van der Waals surface area contributed by atoms with Crippen LogP contribution < -0.4 is 4.74 Å². The van der Waals surface area contributed by atoms with Crippen molar-refractivity contribution in [3.63, 3.8) is 0 Å². The molecule has 1 amide bonds. The average Bonchev–Trinajstić information content (AvgIpc) is 3.56. The molecule has 0 radical (unpaired) electrons. The quantitative estimate of drug-likeness (QED) is 0.671. The van der Waals surface area contributed by atoms with E-state index in [0.717, 1.165) is 70.9 Å². The average molecular weight is 389 g/mol. The number of ether oxygens (including phenoxy) is 3. The Bertz CT molecular complexity index is 651. The lowest BCUT2D eigenvalue weighted by Crippen LogP contribution is -2.50. The van der Waals surface area contributed by atoms with Gasteiger partial charge in [-0.05, 0) is 62.8 Å². The van der Waals surface area contributed by atoms with Crippen molar-refractivity contribution in [1.29, 1.82) is 0 Å². The first-order valence-corrected chi connectivity index (χ1v) is 10.7. The Morgan fingerprint density at radius 2 is 2.07 bits per heavy atom. The Kier molecular flexibility index (Phi) is 6.16. The monoisotopic (exact) mass is 388 g/mol. The molecular formula is C22H32N2O4. The molecule has 6 heteroatoms. The van der Waals surface area contributed by atoms with Gasteiger partial charge in [-0.1, -0.05) is 0 Å². The van der Waals surface area contributed by atoms with Gasteiger partial charge >= 0.3 is 0 Å². The second-order valence-corrected chi connectivity index (χ2v) is 8.58. The molecule has 3 heterocycles. The summed E-state index contributed by atoms with van der Waals surface area (Å²) in [5.41, 5.74) is 0.570. The standard InChI is InChI=1S/C22H32N2O4/c1-26-20-5-4-19(15-23-20)21(25)24-10-8-22(9-11-24)14-17(7-13-28-22)6-12-27-16-18-2-3-18/h4-5,15,17-18H,2-3,6-14,16H2,1H3. The zero-order valence-electron chi connectivity index (χ0n) is 16.9. The lowest BCUT2D eigenvalue weighted by atomic mass is 9.78. The lowest BCUT2D eigenvalue weighted by Gasteiger charge is -2.46. The number of aromatic nitrogens is 1. The second-order valence-electron chi connectivity index (χ2n) is 8.58. The van der Waals surface area contributed by atoms with Gasteiger partial charge in [0.1, 0.15) is 0 Å². The van der Waals surface area contributed by atoms with Gasteiger partial charge in [-0.25, -0.2) is 4.98 Å². The summed E-state index contributed by atoms with van der Waals surface area (Å²) in [7, 11) is 1.57. The Hall–Kier alpha value is -1.66. The van der Waals surface area contributed by atoms with Crippen molar-refractivity contribution in [3.8, 4) is 5.88 Å². The van der Waals surface area contributed by atoms with E-state index in [4.69, 9.17) is 14.2 Å². The highest BCUT2D eigenvalue weighted by atomic mass is 16.5. The smallest absolute Gasteiger partial charge is 0.255 e. The number of piperidine rings is 1. The summed E-state index contributed by atoms with van der Waals surface area (Å²) >= 11 is 0. The SMILES string of the molecule is COc1ccc(C(=O)N2CCC3(CC2)CC(CCOCC2CC2)CCO3)cn1. The number of carbonyl (C=O) groups is 1. The van der Waals surface area contributed by atoms with E-state index in [-0.39, 0.29) is 11.5 Å². The van der Waals surface area contributed by atoms with E-state index in [9.17, 15) is 4.79 Å². The van der Waals surface area contributed by atoms with Gasteiger partial charge in [0.15, 0.2) is 0 Å². The van der Waals surface area contributed by atoms with Crippen molar-refractivity contribution in [2.45, 2.75) is 50.5 Å². The molecule has 1 spiro atoms. The Balaban J connectivity index is 1.25. The van der Waals surface area contributed by atoms with E-state index in [1.807, 2.05) is 4.90 Å². The van der Waals surface area contributed by atoms with Crippen molar-refractivity contribution in [2.24, 2.45) is 11.8 Å². The fourth-order valence-corrected chi connectivity index (χ4v) is 4.44. The minimum Gasteiger partial charge on any atom is -0.481 e. The van der Waals surface area contributed by atoms with E-state index in [1.54, 1.807) is 25.4 Å². The minimum absolute atomic E-state index is 0.0471. The van der Waals surface area contributed by atoms with Crippen LogP contribution in [0.4, 0.5) is 0 Å². The molecule has 0 N–H and O–H groups in total. The first kappa shape index (κ1) is 19.6. The molecule has 0 bridgehead atoms. The zero-order valence-corrected chi connectivity index (χ0v) is 16.9. The third-order valence-electron chi connectivity index (χ3n) is 6.47. The number of likely N-dealkylation sites (tertiary alicyclic amines) is 1. The van der Waals surface area contributed by atoms with Crippen molar-refractivity contribution in [3.05, 3.63) is 23.9 Å². The highest BCUT2D eigenvalue weighted by Gasteiger charge is 2.41. The van der Waals surface area contributed by atoms with Gasteiger partial charge in [-0.3, -0.25) is 4.79 Å². The first-order valence-electron chi connectivity index (χ1n) is 10.7. The molecule has 1 aliphatic carbocycles. The molecule has 28 heavy (non-hydrogen) atoms. The second kappa shape index (κ2) is 8.78. The maximum absolute atomic E-state index is 12.8. The van der Waals surface area contributed by atoms with Gasteiger partial charge in [0.2, 0.25) is 5.88 Å². The van der Waals surface area contributed by atoms with Crippen LogP contribution in [0.15, 0.2) is 18.3 Å². The predicted molar refractivity (Wildman–Crippen MR) is 105 cm³/mol. The summed E-state index contributed by atoms with van der Waals surface area (Å²) < 4.78 is 17.2. The van der Waals surface area contributed by atoms with E-state index in [1.165, 1.54) is 12.8 Å². The summed E-state index contributed by atoms with van der Waals surface area (Å²) in [4.78, 5) is 18.8. The van der Waals surface area contributed by atoms with E-state index in [2.05, 4.69) is 4.98 Å². The molecule has 1 saturated carbocycles. The summed E-state index contributed by atoms with van der Waals surface area (Å²) in [6.07, 6.45) is 9.51. The Morgan fingerprint density at radius 3 is 2.75 bits per heavy atom. The maximum Gasteiger partial charge on any atom is 0.255 e.